The summed E-state index contributed by atoms with van der Waals surface area (Å²) in [4.78, 5) is 0. The van der Waals surface area contributed by atoms with Gasteiger partial charge < -0.3 is 11.7 Å². The maximum absolute atomic E-state index is 6.81. The Bertz CT molecular complexity index is 2320. The largest absolute Gasteiger partial charge is 0.339 e. The average Bonchev–Trinajstić information content (AvgIpc) is 3.51. The molecule has 0 saturated heterocycles. The van der Waals surface area contributed by atoms with Crippen molar-refractivity contribution in [1.82, 2.24) is 9.35 Å². The lowest BCUT2D eigenvalue weighted by atomic mass is 9.93. The van der Waals surface area contributed by atoms with E-state index in [1.807, 2.05) is 16.8 Å². The third-order valence-corrected chi connectivity index (χ3v) is 8.92. The number of aromatic nitrogens is 2. The fourth-order valence-electron chi connectivity index (χ4n) is 6.67. The van der Waals surface area contributed by atoms with Crippen LogP contribution in [0.2, 0.25) is 0 Å². The van der Waals surface area contributed by atoms with Crippen LogP contribution in [0.5, 0.6) is 0 Å². The highest BCUT2D eigenvalue weighted by molar-refractivity contribution is 6.13. The van der Waals surface area contributed by atoms with Gasteiger partial charge in [0.2, 0.25) is 0 Å². The minimum atomic E-state index is 0.300. The van der Waals surface area contributed by atoms with Crippen molar-refractivity contribution in [3.05, 3.63) is 133 Å². The van der Waals surface area contributed by atoms with Gasteiger partial charge in [0, 0.05) is 21.5 Å². The molecule has 0 spiro atoms. The van der Waals surface area contributed by atoms with E-state index in [4.69, 9.17) is 11.7 Å². The molecule has 2 heterocycles. The van der Waals surface area contributed by atoms with Gasteiger partial charge in [0.25, 0.3) is 0 Å². The highest BCUT2D eigenvalue weighted by Crippen LogP contribution is 2.40. The van der Waals surface area contributed by atoms with Crippen LogP contribution < -0.4 is 11.7 Å². The lowest BCUT2D eigenvalue weighted by molar-refractivity contribution is 0.868. The molecular weight excluding hydrogens is 524 g/mol. The summed E-state index contributed by atoms with van der Waals surface area (Å²) in [5.41, 5.74) is 12.5. The number of rotatable bonds is 4. The van der Waals surface area contributed by atoms with E-state index in [1.165, 1.54) is 44.3 Å². The maximum atomic E-state index is 6.81. The van der Waals surface area contributed by atoms with Gasteiger partial charge in [0.15, 0.2) is 0 Å². The van der Waals surface area contributed by atoms with Crippen molar-refractivity contribution in [2.75, 3.05) is 11.7 Å². The van der Waals surface area contributed by atoms with Gasteiger partial charge in [-0.05, 0) is 87.3 Å². The number of para-hydroxylation sites is 1. The molecule has 4 nitrogen and oxygen atoms in total. The van der Waals surface area contributed by atoms with Crippen LogP contribution in [0.25, 0.3) is 77.0 Å². The van der Waals surface area contributed by atoms with Gasteiger partial charge >= 0.3 is 0 Å². The molecule has 8 rings (SSSR count). The number of hydrogen-bond acceptors (Lipinski definition) is 2. The monoisotopic (exact) mass is 556 g/mol. The summed E-state index contributed by atoms with van der Waals surface area (Å²) in [6, 6.07) is 45.4. The van der Waals surface area contributed by atoms with E-state index >= 15 is 0 Å². The Kier molecular flexibility index (Phi) is 5.60. The molecule has 6 aromatic carbocycles. The number of nitrogens with two attached hydrogens (primary N) is 2. The summed E-state index contributed by atoms with van der Waals surface area (Å²) < 4.78 is 3.66. The van der Waals surface area contributed by atoms with Crippen molar-refractivity contribution < 1.29 is 0 Å². The van der Waals surface area contributed by atoms with E-state index in [-0.39, 0.29) is 0 Å². The normalized spacial score (nSPS) is 11.9. The molecule has 0 atom stereocenters. The Hall–Kier alpha value is -5.48. The van der Waals surface area contributed by atoms with Crippen LogP contribution in [-0.4, -0.2) is 9.35 Å². The first kappa shape index (κ1) is 25.2. The molecule has 4 heteroatoms. The van der Waals surface area contributed by atoms with E-state index in [9.17, 15) is 0 Å². The van der Waals surface area contributed by atoms with Crippen molar-refractivity contribution in [2.45, 2.75) is 19.8 Å². The molecule has 0 aliphatic carbocycles. The van der Waals surface area contributed by atoms with Gasteiger partial charge in [-0.3, -0.25) is 9.35 Å². The summed E-state index contributed by atoms with van der Waals surface area (Å²) in [5, 5.41) is 4.64. The zero-order valence-corrected chi connectivity index (χ0v) is 24.3. The first-order valence-corrected chi connectivity index (χ1v) is 14.8. The van der Waals surface area contributed by atoms with Crippen LogP contribution in [0.3, 0.4) is 0 Å². The number of nitrogen functional groups attached to an aromatic ring is 2. The van der Waals surface area contributed by atoms with Crippen LogP contribution in [0.15, 0.2) is 127 Å². The maximum Gasteiger partial charge on any atom is 0.0738 e. The van der Waals surface area contributed by atoms with Crippen LogP contribution in [0.1, 0.15) is 25.3 Å². The molecule has 0 aliphatic heterocycles. The van der Waals surface area contributed by atoms with E-state index in [1.54, 1.807) is 4.68 Å². The molecule has 43 heavy (non-hydrogen) atoms. The SMILES string of the molecule is CC(C)c1cc(-c2ccc3c(c2)c2ccccc2n3N)cc2c3cc(-c4ccc(-c5ccccc5)cc4)ccc3n(N)c12. The van der Waals surface area contributed by atoms with Gasteiger partial charge in [-0.1, -0.05) is 98.8 Å². The molecule has 0 saturated carbocycles. The van der Waals surface area contributed by atoms with Gasteiger partial charge in [0.1, 0.15) is 0 Å². The quantitative estimate of drug-likeness (QED) is 0.212. The van der Waals surface area contributed by atoms with E-state index in [0.717, 1.165) is 38.2 Å². The van der Waals surface area contributed by atoms with Crippen molar-refractivity contribution in [2.24, 2.45) is 0 Å². The second-order valence-electron chi connectivity index (χ2n) is 11.8. The molecule has 0 amide bonds. The summed E-state index contributed by atoms with van der Waals surface area (Å²) in [6.07, 6.45) is 0. The third kappa shape index (κ3) is 3.91. The Labute approximate surface area is 250 Å². The molecule has 8 aromatic rings. The Morgan fingerprint density at radius 2 is 0.907 bits per heavy atom. The van der Waals surface area contributed by atoms with Crippen LogP contribution in [0.4, 0.5) is 0 Å². The highest BCUT2D eigenvalue weighted by Gasteiger charge is 2.18. The Balaban J connectivity index is 1.31. The van der Waals surface area contributed by atoms with Gasteiger partial charge in [-0.15, -0.1) is 0 Å². The minimum absolute atomic E-state index is 0.300. The molecule has 0 bridgehead atoms. The van der Waals surface area contributed by atoms with E-state index in [0.29, 0.717) is 5.92 Å². The number of hydrogen-bond donors (Lipinski definition) is 2. The van der Waals surface area contributed by atoms with Crippen LogP contribution >= 0.6 is 0 Å². The van der Waals surface area contributed by atoms with Crippen LogP contribution in [0, 0.1) is 0 Å². The topological polar surface area (TPSA) is 61.9 Å². The highest BCUT2D eigenvalue weighted by atomic mass is 15.3. The fraction of sp³-hybridized carbons (Fsp3) is 0.0769. The van der Waals surface area contributed by atoms with Crippen molar-refractivity contribution in [3.8, 4) is 33.4 Å². The molecule has 208 valence electrons. The van der Waals surface area contributed by atoms with Crippen molar-refractivity contribution >= 4 is 43.6 Å². The second-order valence-corrected chi connectivity index (χ2v) is 11.8. The first-order valence-electron chi connectivity index (χ1n) is 14.8. The first-order chi connectivity index (χ1) is 21.0. The smallest absolute Gasteiger partial charge is 0.0738 e. The zero-order chi connectivity index (χ0) is 29.2. The number of fused-ring (bicyclic) bond motifs is 6. The summed E-state index contributed by atoms with van der Waals surface area (Å²) >= 11 is 0. The summed E-state index contributed by atoms with van der Waals surface area (Å²) in [5.74, 6) is 13.6. The number of nitrogens with zero attached hydrogens (tertiary/aromatic N) is 2. The molecule has 2 aromatic heterocycles. The number of benzene rings is 6. The van der Waals surface area contributed by atoms with E-state index < -0.39 is 0 Å². The molecular formula is C39H32N4. The third-order valence-electron chi connectivity index (χ3n) is 8.92. The molecule has 0 aliphatic rings. The average molecular weight is 557 g/mol. The summed E-state index contributed by atoms with van der Waals surface area (Å²) in [6.45, 7) is 4.47. The molecule has 0 radical (unpaired) electrons. The Morgan fingerprint density at radius 1 is 0.419 bits per heavy atom. The van der Waals surface area contributed by atoms with Gasteiger partial charge in [0.05, 0.1) is 22.1 Å². The Morgan fingerprint density at radius 3 is 1.60 bits per heavy atom. The summed E-state index contributed by atoms with van der Waals surface area (Å²) in [7, 11) is 0. The zero-order valence-electron chi connectivity index (χ0n) is 24.3. The lowest BCUT2D eigenvalue weighted by Gasteiger charge is -2.13. The fourth-order valence-corrected chi connectivity index (χ4v) is 6.67. The molecule has 0 fully saturated rings. The van der Waals surface area contributed by atoms with Crippen molar-refractivity contribution in [1.29, 1.82) is 0 Å². The predicted octanol–water partition coefficient (Wildman–Crippen LogP) is 9.45. The van der Waals surface area contributed by atoms with Gasteiger partial charge in [-0.25, -0.2) is 0 Å². The minimum Gasteiger partial charge on any atom is -0.339 e. The van der Waals surface area contributed by atoms with Crippen molar-refractivity contribution in [3.63, 3.8) is 0 Å². The second kappa shape index (κ2) is 9.53. The standard InChI is InChI=1S/C39H32N4/c1-24(2)32-22-30(29-17-18-37-33(21-29)31-10-6-7-11-36(31)42(37)40)23-35-34-20-28(16-19-38(34)43(41)39(32)35)27-14-12-26(13-15-27)25-8-4-3-5-9-25/h3-24H,40-41H2,1-2H3. The molecule has 4 N–H and O–H groups in total. The lowest BCUT2D eigenvalue weighted by Crippen LogP contribution is -2.09. The predicted molar refractivity (Wildman–Crippen MR) is 183 cm³/mol. The molecule has 0 unspecified atom stereocenters. The van der Waals surface area contributed by atoms with E-state index in [2.05, 4.69) is 129 Å². The van der Waals surface area contributed by atoms with Crippen LogP contribution in [-0.2, 0) is 0 Å². The van der Waals surface area contributed by atoms with Gasteiger partial charge in [-0.2, -0.15) is 0 Å².